The van der Waals surface area contributed by atoms with Crippen molar-refractivity contribution < 1.29 is 5.11 Å². The third-order valence-corrected chi connectivity index (χ3v) is 9.33. The topological polar surface area (TPSA) is 64.1 Å². The molecule has 1 aromatic heterocycles. The predicted molar refractivity (Wildman–Crippen MR) is 123 cm³/mol. The minimum Gasteiger partial charge on any atom is -0.396 e. The molecule has 4 nitrogen and oxygen atoms in total. The first-order valence-electron chi connectivity index (χ1n) is 12.1. The second kappa shape index (κ2) is 7.48. The molecular weight excluding hydrogens is 370 g/mol. The van der Waals surface area contributed by atoms with Crippen LogP contribution in [0.5, 0.6) is 0 Å². The minimum atomic E-state index is 0.0760. The Balaban J connectivity index is 1.66. The predicted octanol–water partition coefficient (Wildman–Crippen LogP) is 4.60. The molecule has 168 valence electrons. The summed E-state index contributed by atoms with van der Waals surface area (Å²) in [6.07, 6.45) is 8.88. The van der Waals surface area contributed by atoms with Gasteiger partial charge < -0.3 is 10.8 Å². The minimum absolute atomic E-state index is 0.0760. The largest absolute Gasteiger partial charge is 0.396 e. The van der Waals surface area contributed by atoms with Crippen molar-refractivity contribution in [1.82, 2.24) is 9.78 Å². The highest BCUT2D eigenvalue weighted by molar-refractivity contribution is 5.27. The van der Waals surface area contributed by atoms with Gasteiger partial charge in [0.15, 0.2) is 0 Å². The van der Waals surface area contributed by atoms with E-state index >= 15 is 0 Å². The molecule has 2 saturated carbocycles. The molecule has 3 aliphatic rings. The SMILES string of the molecule is C=C1CCC2C(CN)C([C@@]3(C)Cc4cnn(CC(C)(C)C)c4C[C@@H]3CO)CCC12C. The van der Waals surface area contributed by atoms with Gasteiger partial charge >= 0.3 is 0 Å². The maximum absolute atomic E-state index is 10.5. The van der Waals surface area contributed by atoms with E-state index in [9.17, 15) is 5.11 Å². The molecule has 0 saturated heterocycles. The summed E-state index contributed by atoms with van der Waals surface area (Å²) in [4.78, 5) is 0. The van der Waals surface area contributed by atoms with E-state index in [0.717, 1.165) is 32.4 Å². The van der Waals surface area contributed by atoms with Crippen molar-refractivity contribution >= 4 is 0 Å². The van der Waals surface area contributed by atoms with Gasteiger partial charge in [0.25, 0.3) is 0 Å². The summed E-state index contributed by atoms with van der Waals surface area (Å²) in [5, 5.41) is 15.3. The average molecular weight is 414 g/mol. The molecule has 4 heteroatoms. The number of hydrogen-bond acceptors (Lipinski definition) is 3. The fourth-order valence-corrected chi connectivity index (χ4v) is 7.49. The summed E-state index contributed by atoms with van der Waals surface area (Å²) in [6, 6.07) is 0. The van der Waals surface area contributed by atoms with Gasteiger partial charge in [-0.15, -0.1) is 0 Å². The Bertz CT molecular complexity index is 806. The van der Waals surface area contributed by atoms with E-state index < -0.39 is 0 Å². The molecule has 0 aromatic carbocycles. The van der Waals surface area contributed by atoms with Crippen LogP contribution in [0.4, 0.5) is 0 Å². The molecule has 1 aromatic rings. The molecule has 30 heavy (non-hydrogen) atoms. The van der Waals surface area contributed by atoms with Gasteiger partial charge in [-0.2, -0.15) is 5.10 Å². The van der Waals surface area contributed by atoms with Gasteiger partial charge in [-0.3, -0.25) is 4.68 Å². The van der Waals surface area contributed by atoms with Crippen molar-refractivity contribution in [2.75, 3.05) is 13.2 Å². The summed E-state index contributed by atoms with van der Waals surface area (Å²) in [6.45, 7) is 18.0. The zero-order valence-corrected chi connectivity index (χ0v) is 19.9. The van der Waals surface area contributed by atoms with Crippen molar-refractivity contribution in [3.8, 4) is 0 Å². The maximum atomic E-state index is 10.5. The zero-order chi connectivity index (χ0) is 21.9. The Kier molecular flexibility index (Phi) is 5.50. The molecule has 0 amide bonds. The van der Waals surface area contributed by atoms with E-state index in [-0.39, 0.29) is 28.8 Å². The lowest BCUT2D eigenvalue weighted by atomic mass is 9.49. The standard InChI is InChI=1S/C26H43N3O/c1-17-7-8-21-20(13-27)22(9-10-25(17,21)5)26(6)12-18-14-28-29(16-24(2,3)4)23(18)11-19(26)15-30/h14,19-22,30H,1,7-13,15-16,27H2,2-6H3/t19-,20?,21?,22?,25?,26+/m1/s1. The molecule has 4 unspecified atom stereocenters. The Morgan fingerprint density at radius 3 is 2.63 bits per heavy atom. The lowest BCUT2D eigenvalue weighted by molar-refractivity contribution is -0.0540. The Morgan fingerprint density at radius 2 is 2.00 bits per heavy atom. The summed E-state index contributed by atoms with van der Waals surface area (Å²) in [5.41, 5.74) is 11.2. The lowest BCUT2D eigenvalue weighted by Crippen LogP contribution is -2.53. The highest BCUT2D eigenvalue weighted by atomic mass is 16.3. The van der Waals surface area contributed by atoms with Crippen LogP contribution >= 0.6 is 0 Å². The average Bonchev–Trinajstić information content (AvgIpc) is 3.18. The van der Waals surface area contributed by atoms with E-state index in [1.165, 1.54) is 36.1 Å². The van der Waals surface area contributed by atoms with Gasteiger partial charge in [0.05, 0.1) is 6.20 Å². The quantitative estimate of drug-likeness (QED) is 0.709. The Labute approximate surface area is 183 Å². The summed E-state index contributed by atoms with van der Waals surface area (Å²) < 4.78 is 2.21. The molecule has 1 heterocycles. The molecule has 6 atom stereocenters. The number of aliphatic hydroxyl groups excluding tert-OH is 1. The number of nitrogens with two attached hydrogens (primary N) is 1. The van der Waals surface area contributed by atoms with Gasteiger partial charge in [0.1, 0.15) is 0 Å². The van der Waals surface area contributed by atoms with Gasteiger partial charge in [-0.05, 0) is 90.5 Å². The van der Waals surface area contributed by atoms with Crippen molar-refractivity contribution in [3.63, 3.8) is 0 Å². The summed E-state index contributed by atoms with van der Waals surface area (Å²) in [5.74, 6) is 2.00. The first-order chi connectivity index (χ1) is 14.0. The molecule has 0 bridgehead atoms. The van der Waals surface area contributed by atoms with E-state index in [0.29, 0.717) is 17.8 Å². The van der Waals surface area contributed by atoms with E-state index in [4.69, 9.17) is 10.8 Å². The molecule has 4 rings (SSSR count). The van der Waals surface area contributed by atoms with Crippen LogP contribution in [-0.2, 0) is 19.4 Å². The Hall–Kier alpha value is -1.13. The van der Waals surface area contributed by atoms with E-state index in [2.05, 4.69) is 52.1 Å². The highest BCUT2D eigenvalue weighted by Crippen LogP contribution is 2.62. The molecule has 3 aliphatic carbocycles. The molecule has 0 radical (unpaired) electrons. The second-order valence-corrected chi connectivity index (χ2v) is 12.3. The molecular formula is C26H43N3O. The van der Waals surface area contributed by atoms with Gasteiger partial charge in [0.2, 0.25) is 0 Å². The van der Waals surface area contributed by atoms with Crippen molar-refractivity contribution in [1.29, 1.82) is 0 Å². The van der Waals surface area contributed by atoms with Crippen molar-refractivity contribution in [2.45, 2.75) is 79.7 Å². The zero-order valence-electron chi connectivity index (χ0n) is 19.9. The van der Waals surface area contributed by atoms with Crippen molar-refractivity contribution in [3.05, 3.63) is 29.6 Å². The first-order valence-corrected chi connectivity index (χ1v) is 12.1. The summed E-state index contributed by atoms with van der Waals surface area (Å²) in [7, 11) is 0. The molecule has 0 aliphatic heterocycles. The molecule has 0 spiro atoms. The monoisotopic (exact) mass is 413 g/mol. The molecule has 3 N–H and O–H groups in total. The van der Waals surface area contributed by atoms with Crippen LogP contribution in [0, 0.1) is 39.9 Å². The van der Waals surface area contributed by atoms with Crippen LogP contribution in [-0.4, -0.2) is 28.0 Å². The second-order valence-electron chi connectivity index (χ2n) is 12.3. The summed E-state index contributed by atoms with van der Waals surface area (Å²) >= 11 is 0. The normalized spacial score (nSPS) is 39.1. The number of hydrogen-bond donors (Lipinski definition) is 2. The third kappa shape index (κ3) is 3.39. The number of allylic oxidation sites excluding steroid dienone is 1. The number of nitrogens with zero attached hydrogens (tertiary/aromatic N) is 2. The van der Waals surface area contributed by atoms with Gasteiger partial charge in [-0.1, -0.05) is 46.8 Å². The highest BCUT2D eigenvalue weighted by Gasteiger charge is 2.56. The van der Waals surface area contributed by atoms with Crippen molar-refractivity contribution in [2.24, 2.45) is 45.7 Å². The van der Waals surface area contributed by atoms with Crippen LogP contribution in [0.15, 0.2) is 18.3 Å². The number of aromatic nitrogens is 2. The van der Waals surface area contributed by atoms with Crippen LogP contribution < -0.4 is 5.73 Å². The van der Waals surface area contributed by atoms with E-state index in [1.54, 1.807) is 0 Å². The number of fused-ring (bicyclic) bond motifs is 2. The molecule has 2 fully saturated rings. The maximum Gasteiger partial charge on any atom is 0.0524 e. The lowest BCUT2D eigenvalue weighted by Gasteiger charge is -2.55. The van der Waals surface area contributed by atoms with Crippen LogP contribution in [0.2, 0.25) is 0 Å². The smallest absolute Gasteiger partial charge is 0.0524 e. The van der Waals surface area contributed by atoms with Crippen LogP contribution in [0.3, 0.4) is 0 Å². The first kappa shape index (κ1) is 22.1. The number of rotatable bonds is 4. The Morgan fingerprint density at radius 1 is 1.27 bits per heavy atom. The van der Waals surface area contributed by atoms with Gasteiger partial charge in [0, 0.05) is 18.8 Å². The van der Waals surface area contributed by atoms with E-state index in [1.807, 2.05) is 0 Å². The fourth-order valence-electron chi connectivity index (χ4n) is 7.49. The van der Waals surface area contributed by atoms with Crippen LogP contribution in [0.1, 0.15) is 71.6 Å². The van der Waals surface area contributed by atoms with Crippen LogP contribution in [0.25, 0.3) is 0 Å². The third-order valence-electron chi connectivity index (χ3n) is 9.33. The van der Waals surface area contributed by atoms with Gasteiger partial charge in [-0.25, -0.2) is 0 Å². The number of aliphatic hydroxyl groups is 1. The fraction of sp³-hybridized carbons (Fsp3) is 0.808.